The number of rotatable bonds is 47. The Labute approximate surface area is 368 Å². The highest BCUT2D eigenvalue weighted by atomic mass is 31.2. The van der Waals surface area contributed by atoms with E-state index in [1.807, 2.05) is 0 Å². The van der Waals surface area contributed by atoms with Gasteiger partial charge in [0.1, 0.15) is 12.7 Å². The first kappa shape index (κ1) is 58.5. The van der Waals surface area contributed by atoms with Gasteiger partial charge in [-0.25, -0.2) is 4.57 Å². The van der Waals surface area contributed by atoms with Gasteiger partial charge in [0.25, 0.3) is 0 Å². The minimum Gasteiger partial charge on any atom is -0.462 e. The zero-order chi connectivity index (χ0) is 44.0. The van der Waals surface area contributed by atoms with E-state index in [1.54, 1.807) is 0 Å². The quantitative estimate of drug-likeness (QED) is 0.0233. The lowest BCUT2D eigenvalue weighted by Crippen LogP contribution is -2.29. The molecule has 0 aliphatic rings. The Bertz CT molecular complexity index is 1050. The van der Waals surface area contributed by atoms with Gasteiger partial charge in [0.2, 0.25) is 0 Å². The van der Waals surface area contributed by atoms with Gasteiger partial charge in [-0.05, 0) is 64.2 Å². The van der Waals surface area contributed by atoms with Crippen LogP contribution in [0.25, 0.3) is 0 Å². The maximum Gasteiger partial charge on any atom is 0.472 e. The van der Waals surface area contributed by atoms with Crippen molar-refractivity contribution in [1.82, 2.24) is 0 Å². The van der Waals surface area contributed by atoms with Crippen LogP contribution in [-0.4, -0.2) is 65.7 Å². The molecule has 0 aromatic carbocycles. The Morgan fingerprint density at radius 3 is 1.20 bits per heavy atom. The minimum atomic E-state index is -4.62. The van der Waals surface area contributed by atoms with Gasteiger partial charge < -0.3 is 24.6 Å². The fraction of sp³-hybridized carbons (Fsp3) is 0.878. The number of carbonyl (C=O) groups is 2. The zero-order valence-corrected chi connectivity index (χ0v) is 39.6. The van der Waals surface area contributed by atoms with Crippen molar-refractivity contribution in [3.8, 4) is 0 Å². The van der Waals surface area contributed by atoms with Crippen molar-refractivity contribution >= 4 is 19.8 Å². The van der Waals surface area contributed by atoms with E-state index in [0.29, 0.717) is 12.8 Å². The lowest BCUT2D eigenvalue weighted by molar-refractivity contribution is -0.161. The highest BCUT2D eigenvalue weighted by molar-refractivity contribution is 7.47. The molecule has 0 amide bonds. The molecular weight excluding hydrogens is 780 g/mol. The Morgan fingerprint density at radius 2 is 0.817 bits per heavy atom. The minimum absolute atomic E-state index is 0.183. The van der Waals surface area contributed by atoms with Crippen molar-refractivity contribution < 1.29 is 47.8 Å². The number of carbonyl (C=O) groups excluding carboxylic acids is 2. The van der Waals surface area contributed by atoms with Gasteiger partial charge in [0, 0.05) is 12.8 Å². The van der Waals surface area contributed by atoms with Crippen LogP contribution in [0, 0.1) is 0 Å². The zero-order valence-electron chi connectivity index (χ0n) is 38.7. The topological polar surface area (TPSA) is 149 Å². The van der Waals surface area contributed by atoms with E-state index < -0.39 is 51.8 Å². The van der Waals surface area contributed by atoms with Crippen LogP contribution in [0.15, 0.2) is 24.3 Å². The van der Waals surface area contributed by atoms with Gasteiger partial charge in [-0.3, -0.25) is 18.6 Å². The van der Waals surface area contributed by atoms with E-state index in [4.69, 9.17) is 23.6 Å². The van der Waals surface area contributed by atoms with E-state index in [2.05, 4.69) is 38.2 Å². The Balaban J connectivity index is 4.20. The summed E-state index contributed by atoms with van der Waals surface area (Å²) in [6.07, 6.45) is 47.1. The van der Waals surface area contributed by atoms with Crippen molar-refractivity contribution in [2.45, 2.75) is 251 Å². The molecule has 0 aromatic rings. The fourth-order valence-corrected chi connectivity index (χ4v) is 7.77. The monoisotopic (exact) mass is 873 g/mol. The van der Waals surface area contributed by atoms with Crippen molar-refractivity contribution in [1.29, 1.82) is 0 Å². The van der Waals surface area contributed by atoms with Crippen LogP contribution in [0.1, 0.15) is 239 Å². The molecule has 0 heterocycles. The van der Waals surface area contributed by atoms with Crippen LogP contribution in [0.2, 0.25) is 0 Å². The first-order chi connectivity index (χ1) is 29.2. The number of phosphoric ester groups is 1. The molecule has 60 heavy (non-hydrogen) atoms. The highest BCUT2D eigenvalue weighted by Crippen LogP contribution is 2.43. The molecule has 3 unspecified atom stereocenters. The number of allylic oxidation sites excluding steroid dienone is 4. The number of hydrogen-bond donors (Lipinski definition) is 3. The molecule has 0 spiro atoms. The number of phosphoric acid groups is 1. The smallest absolute Gasteiger partial charge is 0.462 e. The molecule has 0 saturated carbocycles. The molecule has 11 heteroatoms. The summed E-state index contributed by atoms with van der Waals surface area (Å²) in [5.74, 6) is -0.927. The summed E-state index contributed by atoms with van der Waals surface area (Å²) in [4.78, 5) is 35.1. The number of aliphatic hydroxyl groups is 2. The third-order valence-electron chi connectivity index (χ3n) is 10.8. The van der Waals surface area contributed by atoms with E-state index in [1.165, 1.54) is 148 Å². The van der Waals surface area contributed by atoms with Gasteiger partial charge in [0.05, 0.1) is 19.8 Å². The van der Waals surface area contributed by atoms with Crippen LogP contribution >= 0.6 is 7.82 Å². The number of unbranched alkanes of at least 4 members (excludes halogenated alkanes) is 29. The number of esters is 2. The Kier molecular flexibility index (Phi) is 44.3. The Hall–Kier alpha value is -1.55. The van der Waals surface area contributed by atoms with Crippen molar-refractivity contribution in [2.75, 3.05) is 26.4 Å². The maximum atomic E-state index is 12.7. The predicted octanol–water partition coefficient (Wildman–Crippen LogP) is 13.7. The number of ether oxygens (including phenoxy) is 2. The third-order valence-corrected chi connectivity index (χ3v) is 11.8. The van der Waals surface area contributed by atoms with Gasteiger partial charge in [-0.2, -0.15) is 0 Å². The summed E-state index contributed by atoms with van der Waals surface area (Å²) < 4.78 is 32.8. The summed E-state index contributed by atoms with van der Waals surface area (Å²) in [7, 11) is -4.62. The molecule has 10 nitrogen and oxygen atoms in total. The predicted molar refractivity (Wildman–Crippen MR) is 247 cm³/mol. The molecule has 0 rings (SSSR count). The van der Waals surface area contributed by atoms with Gasteiger partial charge in [-0.1, -0.05) is 186 Å². The SMILES string of the molecule is CCCCCCCCC/C=C\CCCCCCCC(=O)OCC(COP(=O)(O)OCC(O)CO)OC(=O)CCCCCCCCCCC/C=C\CCCCCCCCCC. The van der Waals surface area contributed by atoms with E-state index >= 15 is 0 Å². The molecule has 3 N–H and O–H groups in total. The summed E-state index contributed by atoms with van der Waals surface area (Å²) in [6, 6.07) is 0. The molecular formula is C49H93O10P. The van der Waals surface area contributed by atoms with E-state index in [-0.39, 0.29) is 19.4 Å². The average molecular weight is 873 g/mol. The fourth-order valence-electron chi connectivity index (χ4n) is 6.98. The second kappa shape index (κ2) is 45.5. The molecule has 354 valence electrons. The summed E-state index contributed by atoms with van der Waals surface area (Å²) in [6.45, 7) is 2.40. The van der Waals surface area contributed by atoms with Gasteiger partial charge in [0.15, 0.2) is 6.10 Å². The lowest BCUT2D eigenvalue weighted by atomic mass is 10.1. The molecule has 0 saturated heterocycles. The average Bonchev–Trinajstić information content (AvgIpc) is 3.24. The standard InChI is InChI=1S/C49H93O10P/c1-3-5-7-9-11-13-15-17-19-21-22-23-24-25-27-29-31-33-35-37-39-41-49(53)59-47(45-58-60(54,55)57-43-46(51)42-50)44-56-48(52)40-38-36-34-32-30-28-26-20-18-16-14-12-10-8-6-4-2/h20-22,26,46-47,50-51H,3-19,23-25,27-45H2,1-2H3,(H,54,55)/b22-21-,26-20-. The highest BCUT2D eigenvalue weighted by Gasteiger charge is 2.27. The van der Waals surface area contributed by atoms with Crippen LogP contribution in [0.4, 0.5) is 0 Å². The summed E-state index contributed by atoms with van der Waals surface area (Å²) in [5, 5.41) is 18.4. The molecule has 0 radical (unpaired) electrons. The molecule has 0 bridgehead atoms. The summed E-state index contributed by atoms with van der Waals surface area (Å²) >= 11 is 0. The normalized spacial score (nSPS) is 13.9. The molecule has 3 atom stereocenters. The van der Waals surface area contributed by atoms with Crippen molar-refractivity contribution in [2.24, 2.45) is 0 Å². The largest absolute Gasteiger partial charge is 0.472 e. The van der Waals surface area contributed by atoms with Crippen LogP contribution in [-0.2, 0) is 32.7 Å². The molecule has 0 aromatic heterocycles. The third kappa shape index (κ3) is 44.5. The van der Waals surface area contributed by atoms with Gasteiger partial charge >= 0.3 is 19.8 Å². The second-order valence-electron chi connectivity index (χ2n) is 16.8. The first-order valence-electron chi connectivity index (χ1n) is 24.8. The van der Waals surface area contributed by atoms with Gasteiger partial charge in [-0.15, -0.1) is 0 Å². The van der Waals surface area contributed by atoms with E-state index in [9.17, 15) is 24.2 Å². The molecule has 0 aliphatic heterocycles. The Morgan fingerprint density at radius 1 is 0.483 bits per heavy atom. The van der Waals surface area contributed by atoms with Crippen molar-refractivity contribution in [3.05, 3.63) is 24.3 Å². The number of hydrogen-bond acceptors (Lipinski definition) is 9. The molecule has 0 fully saturated rings. The van der Waals surface area contributed by atoms with Crippen LogP contribution in [0.5, 0.6) is 0 Å². The van der Waals surface area contributed by atoms with Crippen LogP contribution < -0.4 is 0 Å². The lowest BCUT2D eigenvalue weighted by Gasteiger charge is -2.20. The van der Waals surface area contributed by atoms with Crippen molar-refractivity contribution in [3.63, 3.8) is 0 Å². The maximum absolute atomic E-state index is 12.7. The van der Waals surface area contributed by atoms with E-state index in [0.717, 1.165) is 51.4 Å². The second-order valence-corrected chi connectivity index (χ2v) is 18.3. The number of aliphatic hydroxyl groups excluding tert-OH is 2. The van der Waals surface area contributed by atoms with Crippen LogP contribution in [0.3, 0.4) is 0 Å². The summed E-state index contributed by atoms with van der Waals surface area (Å²) in [5.41, 5.74) is 0. The first-order valence-corrected chi connectivity index (χ1v) is 26.3. The molecule has 0 aliphatic carbocycles.